The number of likely N-dealkylation sites (N-methyl/N-ethyl adjacent to an activating group) is 1. The number of hydrogen-bond donors (Lipinski definition) is 3. The van der Waals surface area contributed by atoms with Crippen LogP contribution in [-0.4, -0.2) is 105 Å². The van der Waals surface area contributed by atoms with E-state index in [0.29, 0.717) is 106 Å². The summed E-state index contributed by atoms with van der Waals surface area (Å²) in [6, 6.07) is 42.4. The van der Waals surface area contributed by atoms with Gasteiger partial charge in [-0.05, 0) is 145 Å². The third-order valence-electron chi connectivity index (χ3n) is 18.1. The summed E-state index contributed by atoms with van der Waals surface area (Å²) in [6.07, 6.45) is 0.500. The lowest BCUT2D eigenvalue weighted by atomic mass is 10.1. The third kappa shape index (κ3) is 18.3. The zero-order valence-corrected chi connectivity index (χ0v) is 62.2. The Morgan fingerprint density at radius 3 is 0.922 bits per heavy atom. The maximum Gasteiger partial charge on any atom is 0.343 e. The predicted octanol–water partition coefficient (Wildman–Crippen LogP) is 16.4. The summed E-state index contributed by atoms with van der Waals surface area (Å²) in [6.45, 7) is 8.73. The van der Waals surface area contributed by atoms with E-state index in [4.69, 9.17) is 112 Å². The molecule has 102 heavy (non-hydrogen) atoms. The van der Waals surface area contributed by atoms with Crippen molar-refractivity contribution in [2.24, 2.45) is 0 Å². The quantitative estimate of drug-likeness (QED) is 0.0723. The van der Waals surface area contributed by atoms with E-state index >= 15 is 0 Å². The standard InChI is InChI=1S/C20H20Cl2N2O3.C20H19Cl2NO4.C19H17Cl2NO4.C17H15Cl2NO2/c1-12-13-5-3-8-18(27-11-19(25)23-2)15(13)10-24(12)20(26)9-14-16(21)6-4-7-17(14)22;1-12-13-5-3-8-18(27-11-20(25)26-2)15(13)10-23(12)19(24)9-14-16(21)6-4-7-17(14)22;1-11-12-4-2-7-17(26-10-19(24)25)14(12)9-22(11)18(23)8-13-15(20)5-3-6-16(13)21;1-10-11-4-2-7-16(21)13(11)9-20(10)17(22)8-12-14(18)5-3-6-15(12)19/h3-8,12H,9-11H2,1-2H3,(H,23,25);3-8,12H,9-11H2,1-2H3;2-7,11H,8-10H2,1H3,(H,24,25);2-7,10,21H,8-9H2,1H3. The Hall–Kier alpha value is -8.43. The van der Waals surface area contributed by atoms with E-state index < -0.39 is 18.5 Å². The Labute approximate surface area is 630 Å². The molecule has 4 atom stereocenters. The monoisotopic (exact) mass is 1540 g/mol. The lowest BCUT2D eigenvalue weighted by Gasteiger charge is -2.22. The number of rotatable bonds is 17. The van der Waals surface area contributed by atoms with Crippen LogP contribution < -0.4 is 19.5 Å². The SMILES string of the molecule is CC1c2cccc(O)c2CN1C(=O)Cc1c(Cl)cccc1Cl.CC1c2cccc(OCC(=O)O)c2CN1C(=O)Cc1c(Cl)cccc1Cl.CNC(=O)COc1cccc2c1CN(C(=O)Cc1c(Cl)cccc1Cl)C2C.COC(=O)COc1cccc2c1CN(C(=O)Cc1c(Cl)cccc1Cl)C2C. The summed E-state index contributed by atoms with van der Waals surface area (Å²) in [5.74, 6) is -0.0949. The average molecular weight is 1550 g/mol. The van der Waals surface area contributed by atoms with Gasteiger partial charge in [-0.15, -0.1) is 0 Å². The van der Waals surface area contributed by atoms with Crippen LogP contribution in [0.2, 0.25) is 40.2 Å². The van der Waals surface area contributed by atoms with Crippen molar-refractivity contribution in [2.45, 2.75) is 104 Å². The first-order chi connectivity index (χ1) is 48.7. The van der Waals surface area contributed by atoms with Crippen LogP contribution in [-0.2, 0) is 90.2 Å². The minimum atomic E-state index is -1.05. The molecule has 0 fully saturated rings. The van der Waals surface area contributed by atoms with E-state index in [1.165, 1.54) is 7.11 Å². The second kappa shape index (κ2) is 35.2. The number of ether oxygens (including phenoxy) is 4. The summed E-state index contributed by atoms with van der Waals surface area (Å²) in [5.41, 5.74) is 9.91. The Balaban J connectivity index is 0.000000159. The molecule has 3 N–H and O–H groups in total. The number of phenolic OH excluding ortho intramolecular Hbond substituents is 1. The number of halogens is 8. The number of aliphatic carboxylic acids is 1. The van der Waals surface area contributed by atoms with Crippen molar-refractivity contribution in [1.29, 1.82) is 0 Å². The molecule has 4 aliphatic rings. The molecule has 0 aliphatic carbocycles. The van der Waals surface area contributed by atoms with Crippen molar-refractivity contribution < 1.29 is 62.7 Å². The maximum atomic E-state index is 12.9. The van der Waals surface area contributed by atoms with E-state index in [9.17, 15) is 38.7 Å². The van der Waals surface area contributed by atoms with Gasteiger partial charge in [0.1, 0.15) is 23.0 Å². The first-order valence-electron chi connectivity index (χ1n) is 32.1. The molecule has 12 rings (SSSR count). The molecule has 534 valence electrons. The Morgan fingerprint density at radius 1 is 0.392 bits per heavy atom. The number of carboxylic acids is 1. The molecule has 4 heterocycles. The topological polar surface area (TPSA) is 222 Å². The molecule has 18 nitrogen and oxygen atoms in total. The number of methoxy groups -OCH3 is 1. The number of carboxylic acid groups (broad SMARTS) is 1. The molecule has 8 aromatic rings. The van der Waals surface area contributed by atoms with Gasteiger partial charge in [-0.25, -0.2) is 9.59 Å². The van der Waals surface area contributed by atoms with Crippen LogP contribution in [0.4, 0.5) is 0 Å². The van der Waals surface area contributed by atoms with Crippen molar-refractivity contribution in [3.63, 3.8) is 0 Å². The molecule has 0 aromatic heterocycles. The van der Waals surface area contributed by atoms with Crippen LogP contribution in [0.25, 0.3) is 0 Å². The van der Waals surface area contributed by atoms with Gasteiger partial charge in [0.25, 0.3) is 5.91 Å². The van der Waals surface area contributed by atoms with Crippen LogP contribution in [0, 0.1) is 0 Å². The molecule has 5 amide bonds. The van der Waals surface area contributed by atoms with Crippen molar-refractivity contribution in [3.05, 3.63) is 253 Å². The predicted molar refractivity (Wildman–Crippen MR) is 394 cm³/mol. The maximum absolute atomic E-state index is 12.9. The number of aromatic hydroxyl groups is 1. The summed E-state index contributed by atoms with van der Waals surface area (Å²) < 4.78 is 21.2. The number of fused-ring (bicyclic) bond motifs is 4. The molecule has 4 unspecified atom stereocenters. The number of carbonyl (C=O) groups is 7. The highest BCUT2D eigenvalue weighted by molar-refractivity contribution is 6.38. The number of amides is 5. The molecule has 0 spiro atoms. The first-order valence-corrected chi connectivity index (χ1v) is 35.2. The molecule has 0 bridgehead atoms. The third-order valence-corrected chi connectivity index (χ3v) is 20.9. The number of esters is 1. The normalized spacial score (nSPS) is 15.7. The molecule has 4 aliphatic heterocycles. The van der Waals surface area contributed by atoms with Gasteiger partial charge in [-0.1, -0.05) is 166 Å². The lowest BCUT2D eigenvalue weighted by Crippen LogP contribution is -2.29. The minimum Gasteiger partial charge on any atom is -0.508 e. The second-order valence-corrected chi connectivity index (χ2v) is 27.4. The smallest absolute Gasteiger partial charge is 0.343 e. The number of benzene rings is 8. The van der Waals surface area contributed by atoms with E-state index in [1.807, 2.05) is 70.2 Å². The largest absolute Gasteiger partial charge is 0.508 e. The van der Waals surface area contributed by atoms with Gasteiger partial charge in [-0.3, -0.25) is 24.0 Å². The molecule has 26 heteroatoms. The van der Waals surface area contributed by atoms with Crippen molar-refractivity contribution in [3.8, 4) is 23.0 Å². The summed E-state index contributed by atoms with van der Waals surface area (Å²) in [5, 5.41) is 25.1. The molecule has 0 saturated carbocycles. The van der Waals surface area contributed by atoms with Gasteiger partial charge in [-0.2, -0.15) is 0 Å². The number of hydrogen-bond acceptors (Lipinski definition) is 12. The highest BCUT2D eigenvalue weighted by Gasteiger charge is 2.37. The van der Waals surface area contributed by atoms with Gasteiger partial charge in [0.05, 0.1) is 83.1 Å². The molecule has 0 saturated heterocycles. The number of carbonyl (C=O) groups excluding carboxylic acids is 6. The van der Waals surface area contributed by atoms with Gasteiger partial charge >= 0.3 is 11.9 Å². The summed E-state index contributed by atoms with van der Waals surface area (Å²) in [4.78, 5) is 91.9. The van der Waals surface area contributed by atoms with E-state index in [1.54, 1.807) is 130 Å². The minimum absolute atomic E-state index is 0.0573. The average Bonchev–Trinajstić information content (AvgIpc) is 1.65. The van der Waals surface area contributed by atoms with Gasteiger partial charge < -0.3 is 54.1 Å². The Bertz CT molecular complexity index is 4280. The number of phenols is 1. The van der Waals surface area contributed by atoms with Crippen LogP contribution in [0.1, 0.15) is 119 Å². The van der Waals surface area contributed by atoms with Gasteiger partial charge in [0, 0.05) is 69.5 Å². The number of nitrogens with one attached hydrogen (secondary N) is 1. The zero-order chi connectivity index (χ0) is 73.8. The fourth-order valence-electron chi connectivity index (χ4n) is 12.5. The van der Waals surface area contributed by atoms with E-state index in [2.05, 4.69) is 10.1 Å². The van der Waals surface area contributed by atoms with Crippen LogP contribution >= 0.6 is 92.8 Å². The fourth-order valence-corrected chi connectivity index (χ4v) is 14.6. The van der Waals surface area contributed by atoms with Gasteiger partial charge in [0.2, 0.25) is 23.6 Å². The van der Waals surface area contributed by atoms with Crippen LogP contribution in [0.5, 0.6) is 23.0 Å². The Morgan fingerprint density at radius 2 is 0.647 bits per heavy atom. The number of nitrogens with zero attached hydrogens (tertiary/aromatic N) is 4. The highest BCUT2D eigenvalue weighted by atomic mass is 35.5. The fraction of sp³-hybridized carbons (Fsp3) is 0.276. The van der Waals surface area contributed by atoms with Crippen molar-refractivity contribution in [1.82, 2.24) is 24.9 Å². The van der Waals surface area contributed by atoms with E-state index in [-0.39, 0.29) is 98.3 Å². The lowest BCUT2D eigenvalue weighted by molar-refractivity contribution is -0.143. The van der Waals surface area contributed by atoms with Crippen molar-refractivity contribution in [2.75, 3.05) is 34.0 Å². The highest BCUT2D eigenvalue weighted by Crippen LogP contribution is 2.44. The molecular formula is C76H71Cl8N5O13. The molecule has 0 radical (unpaired) electrons. The van der Waals surface area contributed by atoms with Crippen molar-refractivity contribution >= 4 is 134 Å². The summed E-state index contributed by atoms with van der Waals surface area (Å²) in [7, 11) is 2.87. The van der Waals surface area contributed by atoms with Crippen LogP contribution in [0.3, 0.4) is 0 Å². The summed E-state index contributed by atoms with van der Waals surface area (Å²) >= 11 is 49.4. The van der Waals surface area contributed by atoms with Gasteiger partial charge in [0.15, 0.2) is 19.8 Å². The Kier molecular flexibility index (Phi) is 26.8. The molecule has 8 aromatic carbocycles. The van der Waals surface area contributed by atoms with E-state index in [0.717, 1.165) is 44.5 Å². The second-order valence-electron chi connectivity index (χ2n) is 24.1. The van der Waals surface area contributed by atoms with Crippen LogP contribution in [0.15, 0.2) is 146 Å². The first kappa shape index (κ1) is 77.7. The molecular weight excluding hydrogens is 1470 g/mol. The zero-order valence-electron chi connectivity index (χ0n) is 56.1.